The fraction of sp³-hybridized carbons (Fsp3) is 0.250. The van der Waals surface area contributed by atoms with E-state index in [9.17, 15) is 10.1 Å². The second kappa shape index (κ2) is 6.74. The van der Waals surface area contributed by atoms with E-state index < -0.39 is 0 Å². The molecule has 5 heteroatoms. The predicted molar refractivity (Wildman–Crippen MR) is 79.8 cm³/mol. The molecule has 0 fully saturated rings. The molecular weight excluding hydrogens is 270 g/mol. The Bertz CT molecular complexity index is 623. The highest BCUT2D eigenvalue weighted by atomic mass is 16.6. The first-order chi connectivity index (χ1) is 10.2. The summed E-state index contributed by atoms with van der Waals surface area (Å²) in [6.45, 7) is 2.24. The Balaban J connectivity index is 2.15. The molecule has 0 heterocycles. The molecule has 0 aliphatic rings. The van der Waals surface area contributed by atoms with Gasteiger partial charge in [0.2, 0.25) is 0 Å². The van der Waals surface area contributed by atoms with Crippen molar-refractivity contribution in [2.45, 2.75) is 20.0 Å². The van der Waals surface area contributed by atoms with Crippen molar-refractivity contribution in [1.82, 2.24) is 0 Å². The zero-order valence-corrected chi connectivity index (χ0v) is 12.0. The molecule has 0 saturated carbocycles. The van der Waals surface area contributed by atoms with Crippen LogP contribution < -0.4 is 9.47 Å². The topological polar surface area (TPSA) is 61.6 Å². The molecule has 0 bridgehead atoms. The minimum absolute atomic E-state index is 0.102. The van der Waals surface area contributed by atoms with Crippen LogP contribution in [0.2, 0.25) is 0 Å². The third kappa shape index (κ3) is 3.51. The monoisotopic (exact) mass is 287 g/mol. The van der Waals surface area contributed by atoms with Crippen LogP contribution in [-0.2, 0) is 13.0 Å². The molecule has 21 heavy (non-hydrogen) atoms. The summed E-state index contributed by atoms with van der Waals surface area (Å²) < 4.78 is 10.8. The van der Waals surface area contributed by atoms with Gasteiger partial charge in [0, 0.05) is 6.07 Å². The number of hydrogen-bond acceptors (Lipinski definition) is 4. The van der Waals surface area contributed by atoms with Crippen LogP contribution in [0.3, 0.4) is 0 Å². The Labute approximate surface area is 123 Å². The first-order valence-corrected chi connectivity index (χ1v) is 6.67. The second-order valence-corrected chi connectivity index (χ2v) is 4.50. The minimum atomic E-state index is -0.376. The zero-order chi connectivity index (χ0) is 15.2. The summed E-state index contributed by atoms with van der Waals surface area (Å²) >= 11 is 0. The van der Waals surface area contributed by atoms with Gasteiger partial charge in [-0.2, -0.15) is 0 Å². The number of methoxy groups -OCH3 is 1. The number of rotatable bonds is 6. The highest BCUT2D eigenvalue weighted by Crippen LogP contribution is 2.29. The maximum Gasteiger partial charge on any atom is 0.276 e. The molecule has 2 aromatic carbocycles. The number of hydrogen-bond donors (Lipinski definition) is 0. The van der Waals surface area contributed by atoms with Crippen LogP contribution in [0.4, 0.5) is 5.69 Å². The van der Waals surface area contributed by atoms with Crippen LogP contribution in [0.5, 0.6) is 11.5 Å². The SMILES string of the molecule is CCc1c(OCc2ccc(OC)cc2)cccc1[N+](=O)[O-]. The van der Waals surface area contributed by atoms with Gasteiger partial charge in [0.1, 0.15) is 18.1 Å². The van der Waals surface area contributed by atoms with Crippen LogP contribution in [-0.4, -0.2) is 12.0 Å². The Morgan fingerprint density at radius 3 is 2.43 bits per heavy atom. The van der Waals surface area contributed by atoms with E-state index in [4.69, 9.17) is 9.47 Å². The molecule has 0 saturated heterocycles. The van der Waals surface area contributed by atoms with E-state index in [-0.39, 0.29) is 10.6 Å². The molecule has 0 N–H and O–H groups in total. The molecule has 0 radical (unpaired) electrons. The molecule has 0 unspecified atom stereocenters. The molecule has 5 nitrogen and oxygen atoms in total. The maximum absolute atomic E-state index is 11.0. The highest BCUT2D eigenvalue weighted by molar-refractivity contribution is 5.49. The van der Waals surface area contributed by atoms with Crippen molar-refractivity contribution in [2.75, 3.05) is 7.11 Å². The largest absolute Gasteiger partial charge is 0.497 e. The molecule has 0 amide bonds. The maximum atomic E-state index is 11.0. The Hall–Kier alpha value is -2.56. The fourth-order valence-corrected chi connectivity index (χ4v) is 2.10. The lowest BCUT2D eigenvalue weighted by Crippen LogP contribution is -2.01. The molecule has 2 rings (SSSR count). The summed E-state index contributed by atoms with van der Waals surface area (Å²) in [6.07, 6.45) is 0.551. The van der Waals surface area contributed by atoms with E-state index in [0.29, 0.717) is 24.3 Å². The number of nitrogens with zero attached hydrogens (tertiary/aromatic N) is 1. The van der Waals surface area contributed by atoms with Crippen molar-refractivity contribution < 1.29 is 14.4 Å². The molecule has 0 spiro atoms. The normalized spacial score (nSPS) is 10.2. The quantitative estimate of drug-likeness (QED) is 0.599. The lowest BCUT2D eigenvalue weighted by Gasteiger charge is -2.11. The van der Waals surface area contributed by atoms with E-state index in [2.05, 4.69) is 0 Å². The fourth-order valence-electron chi connectivity index (χ4n) is 2.10. The van der Waals surface area contributed by atoms with Crippen LogP contribution in [0.25, 0.3) is 0 Å². The molecule has 0 aromatic heterocycles. The zero-order valence-electron chi connectivity index (χ0n) is 12.0. The summed E-state index contributed by atoms with van der Waals surface area (Å²) in [6, 6.07) is 12.4. The molecule has 0 aliphatic carbocycles. The third-order valence-electron chi connectivity index (χ3n) is 3.21. The van der Waals surface area contributed by atoms with Crippen LogP contribution in [0, 0.1) is 10.1 Å². The van der Waals surface area contributed by atoms with Crippen molar-refractivity contribution >= 4 is 5.69 Å². The van der Waals surface area contributed by atoms with Gasteiger partial charge < -0.3 is 9.47 Å². The molecular formula is C16H17NO4. The van der Waals surface area contributed by atoms with Crippen molar-refractivity contribution in [3.8, 4) is 11.5 Å². The van der Waals surface area contributed by atoms with Gasteiger partial charge in [-0.3, -0.25) is 10.1 Å². The van der Waals surface area contributed by atoms with E-state index in [0.717, 1.165) is 11.3 Å². The molecule has 0 aliphatic heterocycles. The van der Waals surface area contributed by atoms with Crippen molar-refractivity contribution in [3.63, 3.8) is 0 Å². The Morgan fingerprint density at radius 1 is 1.14 bits per heavy atom. The highest BCUT2D eigenvalue weighted by Gasteiger charge is 2.16. The van der Waals surface area contributed by atoms with E-state index >= 15 is 0 Å². The van der Waals surface area contributed by atoms with Gasteiger partial charge in [0.25, 0.3) is 5.69 Å². The van der Waals surface area contributed by atoms with Gasteiger partial charge in [0.05, 0.1) is 17.6 Å². The van der Waals surface area contributed by atoms with Crippen LogP contribution in [0.15, 0.2) is 42.5 Å². The summed E-state index contributed by atoms with van der Waals surface area (Å²) in [4.78, 5) is 10.6. The van der Waals surface area contributed by atoms with E-state index in [1.807, 2.05) is 31.2 Å². The second-order valence-electron chi connectivity index (χ2n) is 4.50. The smallest absolute Gasteiger partial charge is 0.276 e. The first kappa shape index (κ1) is 14.8. The Kier molecular flexibility index (Phi) is 4.77. The first-order valence-electron chi connectivity index (χ1n) is 6.67. The van der Waals surface area contributed by atoms with Gasteiger partial charge in [-0.1, -0.05) is 25.1 Å². The number of benzene rings is 2. The van der Waals surface area contributed by atoms with E-state index in [1.54, 1.807) is 19.2 Å². The standard InChI is InChI=1S/C16H17NO4/c1-3-14-15(17(18)19)5-4-6-16(14)21-11-12-7-9-13(20-2)10-8-12/h4-10H,3,11H2,1-2H3. The molecule has 2 aromatic rings. The number of nitro groups is 1. The Morgan fingerprint density at radius 2 is 1.86 bits per heavy atom. The molecule has 110 valence electrons. The summed E-state index contributed by atoms with van der Waals surface area (Å²) in [5.74, 6) is 1.34. The van der Waals surface area contributed by atoms with Gasteiger partial charge in [-0.25, -0.2) is 0 Å². The lowest BCUT2D eigenvalue weighted by molar-refractivity contribution is -0.385. The van der Waals surface area contributed by atoms with Crippen molar-refractivity contribution in [1.29, 1.82) is 0 Å². The van der Waals surface area contributed by atoms with Crippen LogP contribution >= 0.6 is 0 Å². The average molecular weight is 287 g/mol. The number of nitro benzene ring substituents is 1. The minimum Gasteiger partial charge on any atom is -0.497 e. The predicted octanol–water partition coefficient (Wildman–Crippen LogP) is 3.74. The molecule has 0 atom stereocenters. The van der Waals surface area contributed by atoms with Gasteiger partial charge in [-0.15, -0.1) is 0 Å². The average Bonchev–Trinajstić information content (AvgIpc) is 2.52. The van der Waals surface area contributed by atoms with E-state index in [1.165, 1.54) is 6.07 Å². The summed E-state index contributed by atoms with van der Waals surface area (Å²) in [5.41, 5.74) is 1.70. The van der Waals surface area contributed by atoms with Gasteiger partial charge in [0.15, 0.2) is 0 Å². The third-order valence-corrected chi connectivity index (χ3v) is 3.21. The van der Waals surface area contributed by atoms with Gasteiger partial charge in [-0.05, 0) is 30.2 Å². The van der Waals surface area contributed by atoms with Gasteiger partial charge >= 0.3 is 0 Å². The lowest BCUT2D eigenvalue weighted by atomic mass is 10.1. The summed E-state index contributed by atoms with van der Waals surface area (Å²) in [7, 11) is 1.61. The summed E-state index contributed by atoms with van der Waals surface area (Å²) in [5, 5.41) is 11.0. The van der Waals surface area contributed by atoms with Crippen molar-refractivity contribution in [2.24, 2.45) is 0 Å². The van der Waals surface area contributed by atoms with Crippen LogP contribution in [0.1, 0.15) is 18.1 Å². The van der Waals surface area contributed by atoms with Crippen molar-refractivity contribution in [3.05, 3.63) is 63.7 Å². The number of ether oxygens (including phenoxy) is 2.